The summed E-state index contributed by atoms with van der Waals surface area (Å²) in [6.07, 6.45) is 7.27. The molecule has 1 aliphatic carbocycles. The predicted molar refractivity (Wildman–Crippen MR) is 79.6 cm³/mol. The summed E-state index contributed by atoms with van der Waals surface area (Å²) in [6.45, 7) is 0.867. The molecule has 0 bridgehead atoms. The number of rotatable bonds is 5. The first-order valence-electron chi connectivity index (χ1n) is 7.45. The number of nitrogens with two attached hydrogens (primary N) is 1. The molecule has 0 spiro atoms. The zero-order valence-corrected chi connectivity index (χ0v) is 12.6. The third-order valence-corrected chi connectivity index (χ3v) is 5.45. The van der Waals surface area contributed by atoms with Crippen LogP contribution in [0.1, 0.15) is 38.5 Å². The molecule has 0 aromatic heterocycles. The standard InChI is InChI=1S/C14H24N2O3S/c15-11(14(18)19)8-20-9-13(17)16-7-3-5-10-4-1-2-6-12(10)16/h10-12H,1-9,15H2,(H,18,19)/t10?,11-,12?/m1/s1. The van der Waals surface area contributed by atoms with Crippen LogP contribution in [-0.4, -0.2) is 52.0 Å². The van der Waals surface area contributed by atoms with Crippen molar-refractivity contribution in [3.8, 4) is 0 Å². The summed E-state index contributed by atoms with van der Waals surface area (Å²) in [5.74, 6) is 0.486. The summed E-state index contributed by atoms with van der Waals surface area (Å²) < 4.78 is 0. The Balaban J connectivity index is 1.80. The minimum Gasteiger partial charge on any atom is -0.480 e. The van der Waals surface area contributed by atoms with Gasteiger partial charge in [0, 0.05) is 18.3 Å². The van der Waals surface area contributed by atoms with Crippen LogP contribution >= 0.6 is 11.8 Å². The molecule has 1 amide bonds. The fraction of sp³-hybridized carbons (Fsp3) is 0.857. The van der Waals surface area contributed by atoms with Gasteiger partial charge in [0.05, 0.1) is 5.75 Å². The maximum absolute atomic E-state index is 12.3. The van der Waals surface area contributed by atoms with Crippen LogP contribution in [0.4, 0.5) is 0 Å². The van der Waals surface area contributed by atoms with Gasteiger partial charge in [0.15, 0.2) is 0 Å². The Morgan fingerprint density at radius 3 is 2.70 bits per heavy atom. The van der Waals surface area contributed by atoms with Gasteiger partial charge in [-0.25, -0.2) is 0 Å². The highest BCUT2D eigenvalue weighted by Gasteiger charge is 2.35. The number of amides is 1. The van der Waals surface area contributed by atoms with Crippen molar-refractivity contribution in [2.45, 2.75) is 50.6 Å². The van der Waals surface area contributed by atoms with Crippen LogP contribution in [0.25, 0.3) is 0 Å². The third-order valence-electron chi connectivity index (χ3n) is 4.40. The largest absolute Gasteiger partial charge is 0.480 e. The average molecular weight is 300 g/mol. The normalized spacial score (nSPS) is 27.8. The quantitative estimate of drug-likeness (QED) is 0.800. The fourth-order valence-electron chi connectivity index (χ4n) is 3.36. The van der Waals surface area contributed by atoms with E-state index in [4.69, 9.17) is 10.8 Å². The second-order valence-electron chi connectivity index (χ2n) is 5.80. The molecule has 0 aromatic rings. The van der Waals surface area contributed by atoms with E-state index in [0.29, 0.717) is 23.5 Å². The number of hydrogen-bond acceptors (Lipinski definition) is 4. The molecule has 1 saturated carbocycles. The SMILES string of the molecule is N[C@H](CSCC(=O)N1CCCC2CCCCC21)C(=O)O. The lowest BCUT2D eigenvalue weighted by Gasteiger charge is -2.44. The van der Waals surface area contributed by atoms with E-state index in [0.717, 1.165) is 19.4 Å². The van der Waals surface area contributed by atoms with E-state index >= 15 is 0 Å². The third kappa shape index (κ3) is 3.88. The lowest BCUT2D eigenvalue weighted by molar-refractivity contribution is -0.138. The van der Waals surface area contributed by atoms with Crippen LogP contribution in [0, 0.1) is 5.92 Å². The van der Waals surface area contributed by atoms with Crippen molar-refractivity contribution < 1.29 is 14.7 Å². The molecule has 114 valence electrons. The van der Waals surface area contributed by atoms with Crippen molar-refractivity contribution in [3.63, 3.8) is 0 Å². The molecule has 2 rings (SSSR count). The van der Waals surface area contributed by atoms with Gasteiger partial charge in [-0.3, -0.25) is 9.59 Å². The van der Waals surface area contributed by atoms with Crippen LogP contribution in [0.15, 0.2) is 0 Å². The molecule has 3 atom stereocenters. The van der Waals surface area contributed by atoms with E-state index in [1.54, 1.807) is 0 Å². The number of carboxylic acids is 1. The number of carboxylic acid groups (broad SMARTS) is 1. The summed E-state index contributed by atoms with van der Waals surface area (Å²) in [4.78, 5) is 25.0. The monoisotopic (exact) mass is 300 g/mol. The number of likely N-dealkylation sites (tertiary alicyclic amines) is 1. The summed E-state index contributed by atoms with van der Waals surface area (Å²) in [5.41, 5.74) is 5.44. The molecule has 1 heterocycles. The minimum absolute atomic E-state index is 0.157. The van der Waals surface area contributed by atoms with Gasteiger partial charge in [0.2, 0.25) is 5.91 Å². The minimum atomic E-state index is -1.00. The van der Waals surface area contributed by atoms with Gasteiger partial charge in [-0.2, -0.15) is 0 Å². The second-order valence-corrected chi connectivity index (χ2v) is 6.83. The highest BCUT2D eigenvalue weighted by atomic mass is 32.2. The summed E-state index contributed by atoms with van der Waals surface area (Å²) in [7, 11) is 0. The number of nitrogens with zero attached hydrogens (tertiary/aromatic N) is 1. The van der Waals surface area contributed by atoms with E-state index in [-0.39, 0.29) is 5.91 Å². The number of thioether (sulfide) groups is 1. The van der Waals surface area contributed by atoms with Gasteiger partial charge < -0.3 is 15.7 Å². The van der Waals surface area contributed by atoms with E-state index in [1.807, 2.05) is 4.90 Å². The zero-order chi connectivity index (χ0) is 14.5. The van der Waals surface area contributed by atoms with Gasteiger partial charge in [-0.1, -0.05) is 12.8 Å². The van der Waals surface area contributed by atoms with Crippen LogP contribution in [-0.2, 0) is 9.59 Å². The molecule has 5 nitrogen and oxygen atoms in total. The predicted octanol–water partition coefficient (Wildman–Crippen LogP) is 1.31. The maximum Gasteiger partial charge on any atom is 0.321 e. The molecule has 6 heteroatoms. The molecule has 0 aromatic carbocycles. The van der Waals surface area contributed by atoms with E-state index in [2.05, 4.69) is 0 Å². The van der Waals surface area contributed by atoms with E-state index in [9.17, 15) is 9.59 Å². The molecule has 3 N–H and O–H groups in total. The van der Waals surface area contributed by atoms with Crippen molar-refractivity contribution in [2.24, 2.45) is 11.7 Å². The second kappa shape index (κ2) is 7.31. The zero-order valence-electron chi connectivity index (χ0n) is 11.8. The molecule has 1 aliphatic heterocycles. The number of hydrogen-bond donors (Lipinski definition) is 2. The number of aliphatic carboxylic acids is 1. The van der Waals surface area contributed by atoms with Crippen molar-refractivity contribution in [2.75, 3.05) is 18.1 Å². The first kappa shape index (κ1) is 15.6. The topological polar surface area (TPSA) is 83.6 Å². The van der Waals surface area contributed by atoms with Gasteiger partial charge >= 0.3 is 5.97 Å². The molecular formula is C14H24N2O3S. The number of piperidine rings is 1. The number of fused-ring (bicyclic) bond motifs is 1. The molecule has 1 saturated heterocycles. The average Bonchev–Trinajstić information content (AvgIpc) is 2.46. The van der Waals surface area contributed by atoms with E-state index in [1.165, 1.54) is 37.4 Å². The summed E-state index contributed by atoms with van der Waals surface area (Å²) in [6, 6.07) is -0.449. The van der Waals surface area contributed by atoms with Gasteiger partial charge in [0.25, 0.3) is 0 Å². The van der Waals surface area contributed by atoms with Crippen molar-refractivity contribution in [1.82, 2.24) is 4.90 Å². The van der Waals surface area contributed by atoms with Crippen molar-refractivity contribution >= 4 is 23.6 Å². The molecule has 0 radical (unpaired) electrons. The first-order valence-corrected chi connectivity index (χ1v) is 8.60. The van der Waals surface area contributed by atoms with Crippen LogP contribution in [0.5, 0.6) is 0 Å². The Morgan fingerprint density at radius 1 is 1.25 bits per heavy atom. The number of carbonyl (C=O) groups excluding carboxylic acids is 1. The molecule has 2 fully saturated rings. The van der Waals surface area contributed by atoms with Crippen molar-refractivity contribution in [1.29, 1.82) is 0 Å². The highest BCUT2D eigenvalue weighted by Crippen LogP contribution is 2.35. The lowest BCUT2D eigenvalue weighted by Crippen LogP contribution is -2.50. The molecular weight excluding hydrogens is 276 g/mol. The van der Waals surface area contributed by atoms with Gasteiger partial charge in [0.1, 0.15) is 6.04 Å². The Bertz CT molecular complexity index is 362. The Labute approximate surface area is 124 Å². The molecule has 2 aliphatic rings. The van der Waals surface area contributed by atoms with Crippen LogP contribution < -0.4 is 5.73 Å². The number of carbonyl (C=O) groups is 2. The summed E-state index contributed by atoms with van der Waals surface area (Å²) >= 11 is 1.33. The van der Waals surface area contributed by atoms with Crippen LogP contribution in [0.3, 0.4) is 0 Å². The molecule has 2 unspecified atom stereocenters. The molecule has 20 heavy (non-hydrogen) atoms. The lowest BCUT2D eigenvalue weighted by atomic mass is 9.78. The smallest absolute Gasteiger partial charge is 0.321 e. The van der Waals surface area contributed by atoms with Gasteiger partial charge in [-0.15, -0.1) is 11.8 Å². The fourth-order valence-corrected chi connectivity index (χ4v) is 4.22. The van der Waals surface area contributed by atoms with Crippen LogP contribution in [0.2, 0.25) is 0 Å². The Kier molecular flexibility index (Phi) is 5.72. The Hall–Kier alpha value is -0.750. The summed E-state index contributed by atoms with van der Waals surface area (Å²) in [5, 5.41) is 8.72. The Morgan fingerprint density at radius 2 is 1.95 bits per heavy atom. The first-order chi connectivity index (χ1) is 9.59. The highest BCUT2D eigenvalue weighted by molar-refractivity contribution is 8.00. The maximum atomic E-state index is 12.3. The van der Waals surface area contributed by atoms with Gasteiger partial charge in [-0.05, 0) is 31.6 Å². The van der Waals surface area contributed by atoms with E-state index < -0.39 is 12.0 Å². The van der Waals surface area contributed by atoms with Crippen molar-refractivity contribution in [3.05, 3.63) is 0 Å².